The molecule has 1 saturated carbocycles. The standard InChI is InChI=1S/C16H23N3O2S/c20-15(13-2-1-3-13)17-5-6-18-7-9-19(10-8-18)16(21)14-4-11-22-12-14/h4,11-13H,1-3,5-10H2,(H,17,20). The van der Waals surface area contributed by atoms with Gasteiger partial charge in [0.2, 0.25) is 5.91 Å². The van der Waals surface area contributed by atoms with Crippen LogP contribution >= 0.6 is 11.3 Å². The molecule has 0 bridgehead atoms. The van der Waals surface area contributed by atoms with E-state index in [-0.39, 0.29) is 17.7 Å². The Morgan fingerprint density at radius 2 is 2.00 bits per heavy atom. The van der Waals surface area contributed by atoms with Gasteiger partial charge in [-0.25, -0.2) is 0 Å². The molecule has 5 nitrogen and oxygen atoms in total. The van der Waals surface area contributed by atoms with E-state index >= 15 is 0 Å². The van der Waals surface area contributed by atoms with Crippen LogP contribution in [0.1, 0.15) is 29.6 Å². The zero-order valence-electron chi connectivity index (χ0n) is 12.8. The highest BCUT2D eigenvalue weighted by molar-refractivity contribution is 7.08. The Balaban J connectivity index is 1.35. The van der Waals surface area contributed by atoms with Crippen molar-refractivity contribution in [2.75, 3.05) is 39.3 Å². The quantitative estimate of drug-likeness (QED) is 0.892. The van der Waals surface area contributed by atoms with E-state index in [9.17, 15) is 9.59 Å². The molecule has 22 heavy (non-hydrogen) atoms. The maximum atomic E-state index is 12.2. The van der Waals surface area contributed by atoms with Gasteiger partial charge in [0, 0.05) is 50.6 Å². The predicted octanol–water partition coefficient (Wildman–Crippen LogP) is 1.42. The lowest BCUT2D eigenvalue weighted by Crippen LogP contribution is -2.50. The molecule has 1 aliphatic carbocycles. The van der Waals surface area contributed by atoms with Gasteiger partial charge in [0.05, 0.1) is 5.56 Å². The summed E-state index contributed by atoms with van der Waals surface area (Å²) in [7, 11) is 0. The zero-order chi connectivity index (χ0) is 15.4. The number of carbonyl (C=O) groups excluding carboxylic acids is 2. The minimum absolute atomic E-state index is 0.138. The van der Waals surface area contributed by atoms with Crippen molar-refractivity contribution in [3.05, 3.63) is 22.4 Å². The van der Waals surface area contributed by atoms with Crippen molar-refractivity contribution in [3.8, 4) is 0 Å². The van der Waals surface area contributed by atoms with E-state index in [0.29, 0.717) is 6.54 Å². The molecule has 0 radical (unpaired) electrons. The Morgan fingerprint density at radius 1 is 1.23 bits per heavy atom. The number of nitrogens with one attached hydrogen (secondary N) is 1. The lowest BCUT2D eigenvalue weighted by atomic mass is 9.85. The summed E-state index contributed by atoms with van der Waals surface area (Å²) in [6, 6.07) is 1.88. The highest BCUT2D eigenvalue weighted by Crippen LogP contribution is 2.26. The fourth-order valence-corrected chi connectivity index (χ4v) is 3.53. The van der Waals surface area contributed by atoms with Gasteiger partial charge in [-0.3, -0.25) is 14.5 Å². The Morgan fingerprint density at radius 3 is 2.59 bits per heavy atom. The van der Waals surface area contributed by atoms with Gasteiger partial charge in [-0.2, -0.15) is 11.3 Å². The highest BCUT2D eigenvalue weighted by Gasteiger charge is 2.25. The Bertz CT molecular complexity index is 505. The first kappa shape index (κ1) is 15.5. The van der Waals surface area contributed by atoms with E-state index in [1.165, 1.54) is 6.42 Å². The minimum Gasteiger partial charge on any atom is -0.355 e. The topological polar surface area (TPSA) is 52.7 Å². The van der Waals surface area contributed by atoms with Gasteiger partial charge in [0.1, 0.15) is 0 Å². The smallest absolute Gasteiger partial charge is 0.254 e. The normalized spacial score (nSPS) is 19.7. The number of thiophene rings is 1. The van der Waals surface area contributed by atoms with E-state index in [0.717, 1.165) is 51.1 Å². The average Bonchev–Trinajstić information content (AvgIpc) is 2.99. The molecule has 0 atom stereocenters. The van der Waals surface area contributed by atoms with Gasteiger partial charge in [-0.15, -0.1) is 0 Å². The van der Waals surface area contributed by atoms with Crippen molar-refractivity contribution < 1.29 is 9.59 Å². The lowest BCUT2D eigenvalue weighted by molar-refractivity contribution is -0.127. The number of piperazine rings is 1. The number of hydrogen-bond acceptors (Lipinski definition) is 4. The van der Waals surface area contributed by atoms with Gasteiger partial charge in [0.25, 0.3) is 5.91 Å². The van der Waals surface area contributed by atoms with E-state index < -0.39 is 0 Å². The van der Waals surface area contributed by atoms with Crippen LogP contribution in [-0.4, -0.2) is 60.9 Å². The van der Waals surface area contributed by atoms with Crippen LogP contribution in [0, 0.1) is 5.92 Å². The lowest BCUT2D eigenvalue weighted by Gasteiger charge is -2.34. The molecule has 1 aromatic heterocycles. The molecule has 1 N–H and O–H groups in total. The molecule has 2 fully saturated rings. The second-order valence-electron chi connectivity index (χ2n) is 6.06. The van der Waals surface area contributed by atoms with Crippen LogP contribution < -0.4 is 5.32 Å². The molecule has 1 saturated heterocycles. The number of hydrogen-bond donors (Lipinski definition) is 1. The molecule has 0 unspecified atom stereocenters. The summed E-state index contributed by atoms with van der Waals surface area (Å²) in [4.78, 5) is 28.2. The van der Waals surface area contributed by atoms with Crippen LogP contribution in [-0.2, 0) is 4.79 Å². The molecule has 0 aromatic carbocycles. The molecule has 2 amide bonds. The monoisotopic (exact) mass is 321 g/mol. The summed E-state index contributed by atoms with van der Waals surface area (Å²) in [6.45, 7) is 4.90. The molecule has 6 heteroatoms. The van der Waals surface area contributed by atoms with E-state index in [1.807, 2.05) is 21.7 Å². The summed E-state index contributed by atoms with van der Waals surface area (Å²) >= 11 is 1.56. The summed E-state index contributed by atoms with van der Waals surface area (Å²) in [6.07, 6.45) is 3.29. The van der Waals surface area contributed by atoms with Crippen molar-refractivity contribution in [1.82, 2.24) is 15.1 Å². The summed E-state index contributed by atoms with van der Waals surface area (Å²) in [5.41, 5.74) is 0.797. The molecular formula is C16H23N3O2S. The third-order valence-corrected chi connectivity index (χ3v) is 5.31. The molecule has 2 heterocycles. The second kappa shape index (κ2) is 7.24. The van der Waals surface area contributed by atoms with Crippen molar-refractivity contribution in [1.29, 1.82) is 0 Å². The third kappa shape index (κ3) is 3.67. The number of amides is 2. The SMILES string of the molecule is O=C(NCCN1CCN(C(=O)c2ccsc2)CC1)C1CCC1. The van der Waals surface area contributed by atoms with E-state index in [4.69, 9.17) is 0 Å². The molecule has 1 aromatic rings. The predicted molar refractivity (Wildman–Crippen MR) is 87.0 cm³/mol. The van der Waals surface area contributed by atoms with Crippen LogP contribution in [0.2, 0.25) is 0 Å². The zero-order valence-corrected chi connectivity index (χ0v) is 13.6. The van der Waals surface area contributed by atoms with Crippen molar-refractivity contribution >= 4 is 23.2 Å². The molecule has 120 valence electrons. The van der Waals surface area contributed by atoms with E-state index in [2.05, 4.69) is 10.2 Å². The fourth-order valence-electron chi connectivity index (χ4n) is 2.90. The Hall–Kier alpha value is -1.40. The van der Waals surface area contributed by atoms with Crippen LogP contribution in [0.4, 0.5) is 0 Å². The van der Waals surface area contributed by atoms with Crippen molar-refractivity contribution in [2.45, 2.75) is 19.3 Å². The first-order valence-electron chi connectivity index (χ1n) is 8.05. The van der Waals surface area contributed by atoms with Crippen LogP contribution in [0.25, 0.3) is 0 Å². The summed E-state index contributed by atoms with van der Waals surface area (Å²) in [5, 5.41) is 6.87. The number of nitrogens with zero attached hydrogens (tertiary/aromatic N) is 2. The minimum atomic E-state index is 0.138. The highest BCUT2D eigenvalue weighted by atomic mass is 32.1. The van der Waals surface area contributed by atoms with Crippen LogP contribution in [0.15, 0.2) is 16.8 Å². The Kier molecular flexibility index (Phi) is 5.10. The molecule has 3 rings (SSSR count). The Labute approximate surface area is 135 Å². The number of carbonyl (C=O) groups is 2. The largest absolute Gasteiger partial charge is 0.355 e. The molecule has 0 spiro atoms. The maximum Gasteiger partial charge on any atom is 0.254 e. The third-order valence-electron chi connectivity index (χ3n) is 4.63. The summed E-state index contributed by atoms with van der Waals surface area (Å²) < 4.78 is 0. The van der Waals surface area contributed by atoms with Gasteiger partial charge in [-0.05, 0) is 24.3 Å². The van der Waals surface area contributed by atoms with Gasteiger partial charge >= 0.3 is 0 Å². The molecule has 2 aliphatic rings. The molecule has 1 aliphatic heterocycles. The maximum absolute atomic E-state index is 12.2. The number of rotatable bonds is 5. The van der Waals surface area contributed by atoms with Gasteiger partial charge < -0.3 is 10.2 Å². The average molecular weight is 321 g/mol. The molecular weight excluding hydrogens is 298 g/mol. The van der Waals surface area contributed by atoms with Crippen molar-refractivity contribution in [2.24, 2.45) is 5.92 Å². The summed E-state index contributed by atoms with van der Waals surface area (Å²) in [5.74, 6) is 0.622. The van der Waals surface area contributed by atoms with Crippen LogP contribution in [0.3, 0.4) is 0 Å². The van der Waals surface area contributed by atoms with Gasteiger partial charge in [0.15, 0.2) is 0 Å². The fraction of sp³-hybridized carbons (Fsp3) is 0.625. The van der Waals surface area contributed by atoms with Crippen molar-refractivity contribution in [3.63, 3.8) is 0 Å². The second-order valence-corrected chi connectivity index (χ2v) is 6.84. The van der Waals surface area contributed by atoms with Crippen LogP contribution in [0.5, 0.6) is 0 Å². The van der Waals surface area contributed by atoms with Gasteiger partial charge in [-0.1, -0.05) is 6.42 Å². The first-order chi connectivity index (χ1) is 10.7. The first-order valence-corrected chi connectivity index (χ1v) is 9.00. The van der Waals surface area contributed by atoms with E-state index in [1.54, 1.807) is 11.3 Å².